The van der Waals surface area contributed by atoms with Gasteiger partial charge in [0.1, 0.15) is 0 Å². The average Bonchev–Trinajstić information content (AvgIpc) is 2.78. The van der Waals surface area contributed by atoms with Crippen LogP contribution in [0.2, 0.25) is 0 Å². The summed E-state index contributed by atoms with van der Waals surface area (Å²) in [6.07, 6.45) is 2.11. The third-order valence-electron chi connectivity index (χ3n) is 2.80. The largest absolute Gasteiger partial charge is 0.277 e. The molecule has 0 aromatic heterocycles. The van der Waals surface area contributed by atoms with Crippen LogP contribution in [0.5, 0.6) is 0 Å². The first-order valence-electron chi connectivity index (χ1n) is 5.58. The molecule has 1 saturated heterocycles. The van der Waals surface area contributed by atoms with Crippen molar-refractivity contribution in [3.63, 3.8) is 0 Å². The molecule has 0 amide bonds. The molecular weight excluding hydrogens is 196 g/mol. The SMILES string of the molecule is N#CC1CCCN1CC#Cc1ccccc1. The number of likely N-dealkylation sites (tertiary alicyclic amines) is 1. The van der Waals surface area contributed by atoms with Gasteiger partial charge in [-0.25, -0.2) is 0 Å². The number of nitriles is 1. The van der Waals surface area contributed by atoms with E-state index in [-0.39, 0.29) is 6.04 Å². The lowest BCUT2D eigenvalue weighted by molar-refractivity contribution is 0.332. The van der Waals surface area contributed by atoms with E-state index >= 15 is 0 Å². The van der Waals surface area contributed by atoms with Gasteiger partial charge in [0.15, 0.2) is 0 Å². The maximum atomic E-state index is 8.91. The molecule has 1 aliphatic rings. The van der Waals surface area contributed by atoms with E-state index in [1.54, 1.807) is 0 Å². The summed E-state index contributed by atoms with van der Waals surface area (Å²) in [7, 11) is 0. The molecule has 0 aliphatic carbocycles. The molecule has 1 unspecified atom stereocenters. The Morgan fingerprint density at radius 1 is 1.31 bits per heavy atom. The third-order valence-corrected chi connectivity index (χ3v) is 2.80. The van der Waals surface area contributed by atoms with Crippen LogP contribution < -0.4 is 0 Å². The first kappa shape index (κ1) is 10.7. The molecule has 1 aromatic carbocycles. The van der Waals surface area contributed by atoms with Crippen molar-refractivity contribution < 1.29 is 0 Å². The standard InChI is InChI=1S/C14H14N2/c15-12-14-9-5-11-16(14)10-4-8-13-6-2-1-3-7-13/h1-3,6-7,14H,5,9-11H2. The van der Waals surface area contributed by atoms with Gasteiger partial charge in [0.2, 0.25) is 0 Å². The zero-order valence-electron chi connectivity index (χ0n) is 9.19. The summed E-state index contributed by atoms with van der Waals surface area (Å²) in [4.78, 5) is 2.15. The molecular formula is C14H14N2. The van der Waals surface area contributed by atoms with Crippen LogP contribution in [0.4, 0.5) is 0 Å². The van der Waals surface area contributed by atoms with Gasteiger partial charge in [-0.15, -0.1) is 0 Å². The van der Waals surface area contributed by atoms with E-state index in [9.17, 15) is 0 Å². The van der Waals surface area contributed by atoms with Crippen molar-refractivity contribution in [3.05, 3.63) is 35.9 Å². The fourth-order valence-electron chi connectivity index (χ4n) is 1.93. The topological polar surface area (TPSA) is 27.0 Å². The molecule has 2 nitrogen and oxygen atoms in total. The fourth-order valence-corrected chi connectivity index (χ4v) is 1.93. The normalized spacial score (nSPS) is 19.8. The summed E-state index contributed by atoms with van der Waals surface area (Å²) in [6.45, 7) is 1.70. The van der Waals surface area contributed by atoms with E-state index in [2.05, 4.69) is 22.8 Å². The lowest BCUT2D eigenvalue weighted by atomic mass is 10.2. The second-order valence-electron chi connectivity index (χ2n) is 3.93. The third kappa shape index (κ3) is 2.63. The number of nitrogens with zero attached hydrogens (tertiary/aromatic N) is 2. The van der Waals surface area contributed by atoms with Crippen molar-refractivity contribution in [2.45, 2.75) is 18.9 Å². The minimum absolute atomic E-state index is 0.0741. The molecule has 1 heterocycles. The van der Waals surface area contributed by atoms with Gasteiger partial charge in [0.25, 0.3) is 0 Å². The van der Waals surface area contributed by atoms with Gasteiger partial charge < -0.3 is 0 Å². The number of hydrogen-bond donors (Lipinski definition) is 0. The average molecular weight is 210 g/mol. The second-order valence-corrected chi connectivity index (χ2v) is 3.93. The molecule has 1 aliphatic heterocycles. The van der Waals surface area contributed by atoms with Crippen molar-refractivity contribution in [2.24, 2.45) is 0 Å². The highest BCUT2D eigenvalue weighted by molar-refractivity contribution is 5.33. The molecule has 0 bridgehead atoms. The van der Waals surface area contributed by atoms with Crippen LogP contribution in [0.25, 0.3) is 0 Å². The first-order chi connectivity index (χ1) is 7.90. The summed E-state index contributed by atoms with van der Waals surface area (Å²) >= 11 is 0. The van der Waals surface area contributed by atoms with Crippen molar-refractivity contribution >= 4 is 0 Å². The van der Waals surface area contributed by atoms with Crippen LogP contribution in [0, 0.1) is 23.2 Å². The van der Waals surface area contributed by atoms with Gasteiger partial charge in [-0.1, -0.05) is 30.0 Å². The summed E-state index contributed by atoms with van der Waals surface area (Å²) in [5, 5.41) is 8.91. The maximum Gasteiger partial charge on any atom is 0.0986 e. The highest BCUT2D eigenvalue weighted by Gasteiger charge is 2.22. The Morgan fingerprint density at radius 2 is 2.12 bits per heavy atom. The van der Waals surface area contributed by atoms with E-state index < -0.39 is 0 Å². The van der Waals surface area contributed by atoms with Gasteiger partial charge in [0, 0.05) is 12.1 Å². The van der Waals surface area contributed by atoms with E-state index in [4.69, 9.17) is 5.26 Å². The van der Waals surface area contributed by atoms with Crippen LogP contribution in [0.1, 0.15) is 18.4 Å². The molecule has 1 aromatic rings. The molecule has 2 rings (SSSR count). The second kappa shape index (κ2) is 5.35. The molecule has 0 N–H and O–H groups in total. The number of hydrogen-bond acceptors (Lipinski definition) is 2. The molecule has 0 saturated carbocycles. The predicted molar refractivity (Wildman–Crippen MR) is 63.5 cm³/mol. The van der Waals surface area contributed by atoms with Crippen molar-refractivity contribution in [1.29, 1.82) is 5.26 Å². The van der Waals surface area contributed by atoms with Crippen LogP contribution in [0.15, 0.2) is 30.3 Å². The zero-order valence-corrected chi connectivity index (χ0v) is 9.19. The van der Waals surface area contributed by atoms with E-state index in [0.717, 1.165) is 24.9 Å². The van der Waals surface area contributed by atoms with Crippen LogP contribution in [-0.4, -0.2) is 24.0 Å². The molecule has 80 valence electrons. The van der Waals surface area contributed by atoms with Gasteiger partial charge >= 0.3 is 0 Å². The lowest BCUT2D eigenvalue weighted by Crippen LogP contribution is -2.28. The van der Waals surface area contributed by atoms with Crippen molar-refractivity contribution in [1.82, 2.24) is 4.90 Å². The van der Waals surface area contributed by atoms with Crippen molar-refractivity contribution in [2.75, 3.05) is 13.1 Å². The summed E-state index contributed by atoms with van der Waals surface area (Å²) in [6, 6.07) is 12.3. The Bertz CT molecular complexity index is 433. The highest BCUT2D eigenvalue weighted by Crippen LogP contribution is 2.14. The number of benzene rings is 1. The molecule has 1 fully saturated rings. The first-order valence-corrected chi connectivity index (χ1v) is 5.58. The Balaban J connectivity index is 1.93. The van der Waals surface area contributed by atoms with E-state index in [1.165, 1.54) is 0 Å². The summed E-state index contributed by atoms with van der Waals surface area (Å²) in [5.41, 5.74) is 1.04. The van der Waals surface area contributed by atoms with Crippen LogP contribution >= 0.6 is 0 Å². The Kier molecular flexibility index (Phi) is 3.59. The predicted octanol–water partition coefficient (Wildman–Crippen LogP) is 2.03. The minimum Gasteiger partial charge on any atom is -0.277 e. The number of rotatable bonds is 1. The smallest absolute Gasteiger partial charge is 0.0986 e. The molecule has 2 heteroatoms. The quantitative estimate of drug-likeness (QED) is 0.663. The fraction of sp³-hybridized carbons (Fsp3) is 0.357. The summed E-state index contributed by atoms with van der Waals surface area (Å²) in [5.74, 6) is 6.25. The summed E-state index contributed by atoms with van der Waals surface area (Å²) < 4.78 is 0. The molecule has 0 radical (unpaired) electrons. The van der Waals surface area contributed by atoms with Crippen molar-refractivity contribution in [3.8, 4) is 17.9 Å². The molecule has 16 heavy (non-hydrogen) atoms. The minimum atomic E-state index is 0.0741. The lowest BCUT2D eigenvalue weighted by Gasteiger charge is -2.14. The van der Waals surface area contributed by atoms with E-state index in [1.807, 2.05) is 30.3 Å². The van der Waals surface area contributed by atoms with Gasteiger partial charge in [0.05, 0.1) is 18.7 Å². The monoisotopic (exact) mass is 210 g/mol. The van der Waals surface area contributed by atoms with E-state index in [0.29, 0.717) is 6.54 Å². The van der Waals surface area contributed by atoms with Crippen LogP contribution in [0.3, 0.4) is 0 Å². The molecule has 0 spiro atoms. The van der Waals surface area contributed by atoms with Gasteiger partial charge in [-0.3, -0.25) is 4.90 Å². The highest BCUT2D eigenvalue weighted by atomic mass is 15.2. The van der Waals surface area contributed by atoms with Gasteiger partial charge in [-0.2, -0.15) is 5.26 Å². The van der Waals surface area contributed by atoms with Crippen LogP contribution in [-0.2, 0) is 0 Å². The zero-order chi connectivity index (χ0) is 11.2. The Labute approximate surface area is 96.5 Å². The Morgan fingerprint density at radius 3 is 2.88 bits per heavy atom. The Hall–Kier alpha value is -1.77. The van der Waals surface area contributed by atoms with Gasteiger partial charge in [-0.05, 0) is 25.0 Å². The molecule has 1 atom stereocenters. The maximum absolute atomic E-state index is 8.91.